The predicted octanol–water partition coefficient (Wildman–Crippen LogP) is 0.100. The Hall–Kier alpha value is 0.114. The minimum absolute atomic E-state index is 0. The molecular formula is C2F6O6S2Ti. The summed E-state index contributed by atoms with van der Waals surface area (Å²) in [4.78, 5) is 0. The van der Waals surface area contributed by atoms with Crippen LogP contribution in [0.3, 0.4) is 0 Å². The largest absolute Gasteiger partial charge is 2.00 e. The van der Waals surface area contributed by atoms with Crippen LogP contribution in [0.15, 0.2) is 0 Å². The molecule has 0 bridgehead atoms. The Kier molecular flexibility index (Phi) is 8.31. The third kappa shape index (κ3) is 9.78. The van der Waals surface area contributed by atoms with Gasteiger partial charge in [-0.3, -0.25) is 0 Å². The molecule has 0 aromatic rings. The van der Waals surface area contributed by atoms with Crippen LogP contribution in [0, 0.1) is 0 Å². The van der Waals surface area contributed by atoms with Crippen LogP contribution >= 0.6 is 0 Å². The first-order valence-electron chi connectivity index (χ1n) is 2.54. The van der Waals surface area contributed by atoms with Crippen LogP contribution < -0.4 is 0 Å². The van der Waals surface area contributed by atoms with Gasteiger partial charge in [-0.05, 0) is 0 Å². The van der Waals surface area contributed by atoms with Gasteiger partial charge in [-0.15, -0.1) is 0 Å². The maximum atomic E-state index is 10.7. The van der Waals surface area contributed by atoms with Crippen LogP contribution in [-0.4, -0.2) is 37.0 Å². The second-order valence-corrected chi connectivity index (χ2v) is 4.54. The Labute approximate surface area is 105 Å². The van der Waals surface area contributed by atoms with Crippen molar-refractivity contribution in [3.63, 3.8) is 0 Å². The molecule has 0 aromatic heterocycles. The molecule has 0 unspecified atom stereocenters. The van der Waals surface area contributed by atoms with Crippen molar-refractivity contribution >= 4 is 20.2 Å². The van der Waals surface area contributed by atoms with Crippen molar-refractivity contribution in [2.45, 2.75) is 11.0 Å². The van der Waals surface area contributed by atoms with E-state index in [1.807, 2.05) is 0 Å². The van der Waals surface area contributed by atoms with Crippen molar-refractivity contribution < 1.29 is 74.0 Å². The molecule has 15 heteroatoms. The van der Waals surface area contributed by atoms with Crippen LogP contribution in [0.5, 0.6) is 0 Å². The van der Waals surface area contributed by atoms with E-state index in [2.05, 4.69) is 0 Å². The molecular weight excluding hydrogens is 346 g/mol. The van der Waals surface area contributed by atoms with E-state index >= 15 is 0 Å². The van der Waals surface area contributed by atoms with Crippen LogP contribution in [0.1, 0.15) is 0 Å². The Morgan fingerprint density at radius 2 is 0.706 bits per heavy atom. The summed E-state index contributed by atoms with van der Waals surface area (Å²) in [5.74, 6) is 0. The van der Waals surface area contributed by atoms with Gasteiger partial charge in [0.05, 0.1) is 0 Å². The molecule has 0 saturated carbocycles. The molecule has 102 valence electrons. The van der Waals surface area contributed by atoms with Gasteiger partial charge in [0.15, 0.2) is 20.2 Å². The van der Waals surface area contributed by atoms with E-state index in [9.17, 15) is 26.3 Å². The number of hydrogen-bond donors (Lipinski definition) is 0. The predicted molar refractivity (Wildman–Crippen MR) is 31.5 cm³/mol. The molecule has 17 heavy (non-hydrogen) atoms. The molecule has 0 heterocycles. The zero-order valence-corrected chi connectivity index (χ0v) is 10.2. The Bertz CT molecular complexity index is 374. The maximum Gasteiger partial charge on any atom is 2.00 e. The molecule has 0 fully saturated rings. The molecule has 0 aliphatic heterocycles. The van der Waals surface area contributed by atoms with Gasteiger partial charge in [0.2, 0.25) is 0 Å². The fourth-order valence-corrected chi connectivity index (χ4v) is 0. The van der Waals surface area contributed by atoms with Crippen molar-refractivity contribution in [2.24, 2.45) is 0 Å². The SMILES string of the molecule is O=S(=O)([O-])C(F)(F)F.O=S(=O)([O-])C(F)(F)F.[Ti+2]. The Morgan fingerprint density at radius 3 is 0.706 bits per heavy atom. The quantitative estimate of drug-likeness (QED) is 0.266. The average Bonchev–Trinajstić information content (AvgIpc) is 1.77. The summed E-state index contributed by atoms with van der Waals surface area (Å²) in [6, 6.07) is 0. The van der Waals surface area contributed by atoms with Gasteiger partial charge in [0.25, 0.3) is 0 Å². The van der Waals surface area contributed by atoms with E-state index in [4.69, 9.17) is 25.9 Å². The number of halogens is 6. The molecule has 6 nitrogen and oxygen atoms in total. The molecule has 0 atom stereocenters. The Balaban J connectivity index is -0.000000218. The standard InChI is InChI=1S/2CHF3O3S.Ti/c2*2-1(3,4)8(5,6)7;/h2*(H,5,6,7);/q;;+2/p-2. The van der Waals surface area contributed by atoms with Crippen molar-refractivity contribution in [1.82, 2.24) is 0 Å². The molecule has 0 rings (SSSR count). The first-order valence-corrected chi connectivity index (χ1v) is 5.36. The van der Waals surface area contributed by atoms with E-state index in [-0.39, 0.29) is 21.7 Å². The van der Waals surface area contributed by atoms with Crippen molar-refractivity contribution in [3.8, 4) is 0 Å². The van der Waals surface area contributed by atoms with Gasteiger partial charge in [-0.25, -0.2) is 16.8 Å². The van der Waals surface area contributed by atoms with Crippen LogP contribution in [0.4, 0.5) is 26.3 Å². The van der Waals surface area contributed by atoms with Crippen molar-refractivity contribution in [2.75, 3.05) is 0 Å². The fourth-order valence-electron chi connectivity index (χ4n) is 0. The number of rotatable bonds is 0. The molecule has 0 aliphatic carbocycles. The van der Waals surface area contributed by atoms with Gasteiger partial charge >= 0.3 is 32.7 Å². The Morgan fingerprint density at radius 1 is 0.647 bits per heavy atom. The van der Waals surface area contributed by atoms with Crippen molar-refractivity contribution in [1.29, 1.82) is 0 Å². The summed E-state index contributed by atoms with van der Waals surface area (Å²) < 4.78 is 118. The van der Waals surface area contributed by atoms with E-state index in [1.54, 1.807) is 0 Å². The second-order valence-electron chi connectivity index (χ2n) is 1.80. The van der Waals surface area contributed by atoms with E-state index in [0.717, 1.165) is 0 Å². The van der Waals surface area contributed by atoms with Crippen LogP contribution in [0.25, 0.3) is 0 Å². The van der Waals surface area contributed by atoms with E-state index in [1.165, 1.54) is 0 Å². The van der Waals surface area contributed by atoms with Gasteiger partial charge in [0, 0.05) is 0 Å². The summed E-state index contributed by atoms with van der Waals surface area (Å²) in [6.45, 7) is 0. The average molecular weight is 346 g/mol. The molecule has 0 N–H and O–H groups in total. The topological polar surface area (TPSA) is 114 Å². The third-order valence-electron chi connectivity index (χ3n) is 0.567. The zero-order valence-electron chi connectivity index (χ0n) is 7.03. The van der Waals surface area contributed by atoms with Gasteiger partial charge < -0.3 is 9.11 Å². The first kappa shape index (κ1) is 22.3. The minimum atomic E-state index is -6.09. The molecule has 0 aliphatic rings. The van der Waals surface area contributed by atoms with Gasteiger partial charge in [-0.2, -0.15) is 26.3 Å². The smallest absolute Gasteiger partial charge is 0.741 e. The molecule has 0 aromatic carbocycles. The second kappa shape index (κ2) is 6.33. The maximum absolute atomic E-state index is 10.7. The monoisotopic (exact) mass is 346 g/mol. The van der Waals surface area contributed by atoms with Gasteiger partial charge in [0.1, 0.15) is 0 Å². The molecule has 0 spiro atoms. The molecule has 0 amide bonds. The van der Waals surface area contributed by atoms with E-state index < -0.39 is 31.3 Å². The zero-order chi connectivity index (χ0) is 14.0. The third-order valence-corrected chi connectivity index (χ3v) is 1.70. The summed E-state index contributed by atoms with van der Waals surface area (Å²) in [6.07, 6.45) is 0. The van der Waals surface area contributed by atoms with Gasteiger partial charge in [-0.1, -0.05) is 0 Å². The summed E-state index contributed by atoms with van der Waals surface area (Å²) >= 11 is 0. The minimum Gasteiger partial charge on any atom is -0.741 e. The summed E-state index contributed by atoms with van der Waals surface area (Å²) in [5.41, 5.74) is -11.3. The van der Waals surface area contributed by atoms with Crippen LogP contribution in [-0.2, 0) is 42.0 Å². The first-order chi connectivity index (χ1) is 6.50. The normalized spacial score (nSPS) is 13.2. The summed E-state index contributed by atoms with van der Waals surface area (Å²) in [7, 11) is -12.2. The molecule has 0 radical (unpaired) electrons. The number of hydrogen-bond acceptors (Lipinski definition) is 6. The van der Waals surface area contributed by atoms with Crippen molar-refractivity contribution in [3.05, 3.63) is 0 Å². The number of alkyl halides is 6. The fraction of sp³-hybridized carbons (Fsp3) is 1.00. The summed E-state index contributed by atoms with van der Waals surface area (Å²) in [5, 5.41) is 0. The van der Waals surface area contributed by atoms with Crippen LogP contribution in [0.2, 0.25) is 0 Å². The van der Waals surface area contributed by atoms with E-state index in [0.29, 0.717) is 0 Å². The molecule has 0 saturated heterocycles.